The average molecular weight is 486 g/mol. The third kappa shape index (κ3) is 6.18. The highest BCUT2D eigenvalue weighted by atomic mass is 19.1. The van der Waals surface area contributed by atoms with Crippen molar-refractivity contribution in [2.75, 3.05) is 40.1 Å². The maximum Gasteiger partial charge on any atom is 0.316 e. The van der Waals surface area contributed by atoms with Crippen LogP contribution in [0, 0.1) is 11.2 Å². The number of nitrogens with one attached hydrogen (secondary N) is 2. The Morgan fingerprint density at radius 3 is 2.49 bits per heavy atom. The number of aromatic amines is 1. The van der Waals surface area contributed by atoms with Crippen molar-refractivity contribution in [3.05, 3.63) is 48.3 Å². The molecule has 2 N–H and O–H groups in total. The Bertz CT molecular complexity index is 1130. The lowest BCUT2D eigenvalue weighted by Crippen LogP contribution is -2.45. The first kappa shape index (κ1) is 24.7. The number of carbonyl (C=O) groups excluding carboxylic acids is 1. The highest BCUT2D eigenvalue weighted by molar-refractivity contribution is 5.77. The predicted octanol–water partition coefficient (Wildman–Crippen LogP) is 2.89. The predicted molar refractivity (Wildman–Crippen MR) is 124 cm³/mol. The first-order valence-corrected chi connectivity index (χ1v) is 11.1. The van der Waals surface area contributed by atoms with Gasteiger partial charge in [0, 0.05) is 49.5 Å². The molecule has 0 atom stereocenters. The first-order valence-electron chi connectivity index (χ1n) is 11.1. The minimum Gasteiger partial charge on any atom is -0.461 e. The number of methoxy groups -OCH3 is 1. The number of ether oxygens (including phenoxy) is 4. The van der Waals surface area contributed by atoms with Crippen molar-refractivity contribution < 1.29 is 28.1 Å². The summed E-state index contributed by atoms with van der Waals surface area (Å²) in [6.45, 7) is 5.39. The lowest BCUT2D eigenvalue weighted by Gasteiger charge is -2.36. The van der Waals surface area contributed by atoms with Crippen molar-refractivity contribution in [1.29, 1.82) is 0 Å². The highest BCUT2D eigenvalue weighted by Crippen LogP contribution is 2.35. The average Bonchev–Trinajstić information content (AvgIpc) is 3.30. The molecule has 3 heterocycles. The van der Waals surface area contributed by atoms with E-state index in [0.29, 0.717) is 61.3 Å². The number of aromatic nitrogens is 4. The monoisotopic (exact) mass is 485 g/mol. The van der Waals surface area contributed by atoms with Gasteiger partial charge in [-0.3, -0.25) is 4.79 Å². The van der Waals surface area contributed by atoms with Crippen LogP contribution >= 0.6 is 0 Å². The van der Waals surface area contributed by atoms with Crippen LogP contribution in [0.25, 0.3) is 22.5 Å². The third-order valence-electron chi connectivity index (χ3n) is 5.43. The summed E-state index contributed by atoms with van der Waals surface area (Å²) in [6.07, 6.45) is 2.50. The van der Waals surface area contributed by atoms with Gasteiger partial charge in [-0.2, -0.15) is 0 Å². The van der Waals surface area contributed by atoms with Gasteiger partial charge in [-0.05, 0) is 24.3 Å². The maximum atomic E-state index is 13.5. The number of rotatable bonds is 9. The fourth-order valence-electron chi connectivity index (χ4n) is 3.51. The number of H-pyrrole nitrogens is 1. The van der Waals surface area contributed by atoms with Gasteiger partial charge < -0.3 is 29.2 Å². The molecule has 35 heavy (non-hydrogen) atoms. The molecule has 0 radical (unpaired) electrons. The summed E-state index contributed by atoms with van der Waals surface area (Å²) < 4.78 is 35.9. The molecule has 1 aliphatic heterocycles. The van der Waals surface area contributed by atoms with Crippen molar-refractivity contribution in [2.45, 2.75) is 20.1 Å². The Labute approximate surface area is 202 Å². The number of halogens is 1. The summed E-state index contributed by atoms with van der Waals surface area (Å²) in [5.41, 5.74) is 2.22. The van der Waals surface area contributed by atoms with Gasteiger partial charge in [0.25, 0.3) is 0 Å². The Balaban J connectivity index is 1.58. The Morgan fingerprint density at radius 2 is 1.86 bits per heavy atom. The van der Waals surface area contributed by atoms with Gasteiger partial charge in [0.2, 0.25) is 12.2 Å². The molecule has 1 saturated heterocycles. The number of amides is 1. The Morgan fingerprint density at radius 1 is 1.17 bits per heavy atom. The van der Waals surface area contributed by atoms with E-state index in [-0.39, 0.29) is 23.1 Å². The summed E-state index contributed by atoms with van der Waals surface area (Å²) in [4.78, 5) is 27.8. The number of hydrogen-bond donors (Lipinski definition) is 2. The van der Waals surface area contributed by atoms with Crippen LogP contribution in [0.15, 0.2) is 36.7 Å². The molecule has 0 aliphatic carbocycles. The molecule has 0 saturated carbocycles. The van der Waals surface area contributed by atoms with Crippen LogP contribution in [0.5, 0.6) is 6.01 Å². The van der Waals surface area contributed by atoms with Crippen molar-refractivity contribution in [3.63, 3.8) is 0 Å². The van der Waals surface area contributed by atoms with E-state index in [2.05, 4.69) is 20.3 Å². The minimum atomic E-state index is -0.731. The lowest BCUT2D eigenvalue weighted by atomic mass is 9.92. The quantitative estimate of drug-likeness (QED) is 0.444. The topological polar surface area (TPSA) is 120 Å². The molecule has 10 nitrogen and oxygen atoms in total. The van der Waals surface area contributed by atoms with Gasteiger partial charge in [0.05, 0.1) is 31.2 Å². The molecule has 0 spiro atoms. The lowest BCUT2D eigenvalue weighted by molar-refractivity contribution is -0.232. The molecule has 186 valence electrons. The summed E-state index contributed by atoms with van der Waals surface area (Å²) in [6, 6.07) is 6.27. The fourth-order valence-corrected chi connectivity index (χ4v) is 3.51. The van der Waals surface area contributed by atoms with Crippen LogP contribution in [0.2, 0.25) is 0 Å². The largest absolute Gasteiger partial charge is 0.461 e. The van der Waals surface area contributed by atoms with E-state index in [4.69, 9.17) is 23.9 Å². The van der Waals surface area contributed by atoms with E-state index >= 15 is 0 Å². The first-order chi connectivity index (χ1) is 16.9. The van der Waals surface area contributed by atoms with Crippen LogP contribution < -0.4 is 10.1 Å². The third-order valence-corrected chi connectivity index (χ3v) is 5.43. The smallest absolute Gasteiger partial charge is 0.316 e. The van der Waals surface area contributed by atoms with Crippen LogP contribution in [0.1, 0.15) is 26.0 Å². The van der Waals surface area contributed by atoms with Gasteiger partial charge in [0.15, 0.2) is 5.82 Å². The highest BCUT2D eigenvalue weighted by Gasteiger charge is 2.35. The summed E-state index contributed by atoms with van der Waals surface area (Å²) >= 11 is 0. The minimum absolute atomic E-state index is 0.106. The number of nitrogens with zero attached hydrogens (tertiary/aromatic N) is 3. The molecule has 1 fully saturated rings. The SMILES string of the molecule is COCCOc1ncc(-c2[nH]c(C3OCC(C)(CNC(C)=O)CO3)nc2-c2ccc(F)cc2)cn1. The van der Waals surface area contributed by atoms with Crippen LogP contribution in [-0.4, -0.2) is 65.9 Å². The van der Waals surface area contributed by atoms with E-state index in [0.717, 1.165) is 0 Å². The van der Waals surface area contributed by atoms with E-state index in [1.165, 1.54) is 19.1 Å². The van der Waals surface area contributed by atoms with E-state index in [1.807, 2.05) is 6.92 Å². The molecule has 3 aromatic rings. The van der Waals surface area contributed by atoms with Crippen molar-refractivity contribution in [1.82, 2.24) is 25.3 Å². The molecule has 1 amide bonds. The fraction of sp³-hybridized carbons (Fsp3) is 0.417. The van der Waals surface area contributed by atoms with E-state index in [1.54, 1.807) is 31.6 Å². The summed E-state index contributed by atoms with van der Waals surface area (Å²) in [7, 11) is 1.59. The van der Waals surface area contributed by atoms with Crippen LogP contribution in [-0.2, 0) is 19.0 Å². The van der Waals surface area contributed by atoms with Crippen molar-refractivity contribution >= 4 is 5.91 Å². The Kier molecular flexibility index (Phi) is 7.69. The summed E-state index contributed by atoms with van der Waals surface area (Å²) in [5, 5.41) is 2.81. The number of hydrogen-bond acceptors (Lipinski definition) is 8. The molecule has 2 aromatic heterocycles. The van der Waals surface area contributed by atoms with Crippen molar-refractivity contribution in [2.24, 2.45) is 5.41 Å². The molecule has 11 heteroatoms. The molecular formula is C24H28FN5O5. The van der Waals surface area contributed by atoms with E-state index < -0.39 is 6.29 Å². The van der Waals surface area contributed by atoms with Gasteiger partial charge in [0.1, 0.15) is 12.4 Å². The second-order valence-corrected chi connectivity index (χ2v) is 8.62. The molecule has 1 aliphatic rings. The second-order valence-electron chi connectivity index (χ2n) is 8.62. The molecule has 1 aromatic carbocycles. The zero-order chi connectivity index (χ0) is 24.8. The Hall–Kier alpha value is -3.41. The number of imidazole rings is 1. The van der Waals surface area contributed by atoms with Gasteiger partial charge in [-0.25, -0.2) is 19.3 Å². The molecule has 0 bridgehead atoms. The summed E-state index contributed by atoms with van der Waals surface area (Å²) in [5.74, 6) is 0.0102. The van der Waals surface area contributed by atoms with E-state index in [9.17, 15) is 9.18 Å². The van der Waals surface area contributed by atoms with Crippen LogP contribution in [0.3, 0.4) is 0 Å². The molecular weight excluding hydrogens is 457 g/mol. The van der Waals surface area contributed by atoms with Gasteiger partial charge in [-0.15, -0.1) is 0 Å². The zero-order valence-corrected chi connectivity index (χ0v) is 19.8. The van der Waals surface area contributed by atoms with Crippen LogP contribution in [0.4, 0.5) is 4.39 Å². The molecule has 0 unspecified atom stereocenters. The maximum absolute atomic E-state index is 13.5. The molecule has 4 rings (SSSR count). The van der Waals surface area contributed by atoms with Gasteiger partial charge >= 0.3 is 6.01 Å². The number of benzene rings is 1. The number of carbonyl (C=O) groups is 1. The van der Waals surface area contributed by atoms with Gasteiger partial charge in [-0.1, -0.05) is 6.92 Å². The van der Waals surface area contributed by atoms with Crippen molar-refractivity contribution in [3.8, 4) is 28.5 Å². The normalized spacial score (nSPS) is 19.9. The zero-order valence-electron chi connectivity index (χ0n) is 19.8. The second kappa shape index (κ2) is 10.9. The standard InChI is InChI=1S/C24H28FN5O5/c1-15(31)28-12-24(2)13-34-22(35-14-24)21-29-19(16-4-6-18(25)7-5-16)20(30-21)17-10-26-23(27-11-17)33-9-8-32-3/h4-7,10-11,22H,8-9,12-14H2,1-3H3,(H,28,31)(H,29,30).